The lowest BCUT2D eigenvalue weighted by atomic mass is 9.66. The number of anilines is 3. The average molecular weight is 884 g/mol. The Hall–Kier alpha value is -8.20. The van der Waals surface area contributed by atoms with Crippen molar-refractivity contribution < 1.29 is 4.74 Å². The minimum absolute atomic E-state index is 0.228. The molecule has 10 aromatic rings. The minimum atomic E-state index is -0.588. The molecule has 0 amide bonds. The summed E-state index contributed by atoms with van der Waals surface area (Å²) in [6.45, 7) is 9.59. The molecule has 3 aliphatic carbocycles. The first-order valence-corrected chi connectivity index (χ1v) is 24.3. The third kappa shape index (κ3) is 5.55. The predicted molar refractivity (Wildman–Crippen MR) is 285 cm³/mol. The smallest absolute Gasteiger partial charge is 0.132 e. The minimum Gasteiger partial charge on any atom is -0.457 e. The van der Waals surface area contributed by atoms with Crippen molar-refractivity contribution in [3.8, 4) is 67.1 Å². The summed E-state index contributed by atoms with van der Waals surface area (Å²) >= 11 is 0. The molecule has 2 nitrogen and oxygen atoms in total. The van der Waals surface area contributed by atoms with Gasteiger partial charge in [0.15, 0.2) is 0 Å². The fraction of sp³-hybridized carbons (Fsp3) is 0.104. The molecule has 0 atom stereocenters. The van der Waals surface area contributed by atoms with Gasteiger partial charge < -0.3 is 9.64 Å². The number of nitrogens with zero attached hydrogens (tertiary/aromatic N) is 1. The molecule has 0 unspecified atom stereocenters. The molecule has 69 heavy (non-hydrogen) atoms. The van der Waals surface area contributed by atoms with Crippen LogP contribution in [0.15, 0.2) is 224 Å². The van der Waals surface area contributed by atoms with Crippen molar-refractivity contribution in [2.75, 3.05) is 4.90 Å². The van der Waals surface area contributed by atoms with Crippen LogP contribution >= 0.6 is 0 Å². The van der Waals surface area contributed by atoms with Gasteiger partial charge in [-0.2, -0.15) is 0 Å². The Kier molecular flexibility index (Phi) is 8.33. The molecular weight excluding hydrogens is 835 g/mol. The number of ether oxygens (including phenoxy) is 1. The van der Waals surface area contributed by atoms with E-state index in [1.54, 1.807) is 0 Å². The van der Waals surface area contributed by atoms with E-state index in [0.717, 1.165) is 39.7 Å². The van der Waals surface area contributed by atoms with E-state index in [1.807, 2.05) is 0 Å². The van der Waals surface area contributed by atoms with Crippen LogP contribution in [-0.2, 0) is 16.2 Å². The summed E-state index contributed by atoms with van der Waals surface area (Å²) in [5, 5.41) is 0. The first-order valence-electron chi connectivity index (χ1n) is 24.3. The SMILES string of the molecule is CC1(C)c2cc(-c3ccccc3)ccc2-c2ccc(N(c3ccc4c(c3)C(C)(C)c3cc(-c5ccccc5)ccc3-4)c3ccc4c(c3)C3(c5ccccc5Oc5ccccc53)c3ccccc3-4)cc21. The van der Waals surface area contributed by atoms with Crippen molar-refractivity contribution in [1.82, 2.24) is 0 Å². The summed E-state index contributed by atoms with van der Waals surface area (Å²) < 4.78 is 6.74. The fourth-order valence-electron chi connectivity index (χ4n) is 12.8. The standard InChI is InChI=1S/C67H49NO/c1-65(2)58-37-44(42-17-7-5-8-18-42)27-32-50(58)52-34-29-46(39-60(52)65)68(47-30-35-53-51-33-28-45(43-19-9-6-10-20-43)38-59(51)66(3,4)61(53)40-47)48-31-36-54-49-21-11-12-22-55(49)67(62(54)41-48)56-23-13-15-25-63(56)69-64-26-16-14-24-57(64)67/h5-41H,1-4H3. The number of hydrogen-bond acceptors (Lipinski definition) is 2. The van der Waals surface area contributed by atoms with Crippen LogP contribution in [0.2, 0.25) is 0 Å². The Morgan fingerprint density at radius 3 is 1.10 bits per heavy atom. The predicted octanol–water partition coefficient (Wildman–Crippen LogP) is 17.6. The highest BCUT2D eigenvalue weighted by atomic mass is 16.5. The van der Waals surface area contributed by atoms with Gasteiger partial charge in [0, 0.05) is 39.0 Å². The molecule has 1 aliphatic heterocycles. The highest BCUT2D eigenvalue weighted by molar-refractivity contribution is 5.94. The van der Waals surface area contributed by atoms with Gasteiger partial charge in [0.05, 0.1) is 5.41 Å². The van der Waals surface area contributed by atoms with Crippen LogP contribution in [0.4, 0.5) is 17.1 Å². The molecule has 1 heterocycles. The summed E-state index contributed by atoms with van der Waals surface area (Å²) in [7, 11) is 0. The van der Waals surface area contributed by atoms with E-state index in [4.69, 9.17) is 4.74 Å². The van der Waals surface area contributed by atoms with Crippen molar-refractivity contribution >= 4 is 17.1 Å². The second-order valence-corrected chi connectivity index (χ2v) is 20.4. The van der Waals surface area contributed by atoms with Gasteiger partial charge in [-0.25, -0.2) is 0 Å². The van der Waals surface area contributed by atoms with Crippen molar-refractivity contribution in [2.45, 2.75) is 43.9 Å². The molecule has 0 saturated heterocycles. The summed E-state index contributed by atoms with van der Waals surface area (Å²) in [6, 6.07) is 83.6. The zero-order chi connectivity index (χ0) is 46.2. The second-order valence-electron chi connectivity index (χ2n) is 20.4. The van der Waals surface area contributed by atoms with Gasteiger partial charge in [0.1, 0.15) is 11.5 Å². The summed E-state index contributed by atoms with van der Waals surface area (Å²) in [4.78, 5) is 2.53. The van der Waals surface area contributed by atoms with Crippen LogP contribution in [0.1, 0.15) is 72.2 Å². The molecule has 2 heteroatoms. The molecular formula is C67H49NO. The number of rotatable bonds is 5. The van der Waals surface area contributed by atoms with Crippen molar-refractivity contribution in [3.05, 3.63) is 269 Å². The highest BCUT2D eigenvalue weighted by Crippen LogP contribution is 2.63. The topological polar surface area (TPSA) is 12.5 Å². The summed E-state index contributed by atoms with van der Waals surface area (Å²) in [5.41, 5.74) is 25.3. The van der Waals surface area contributed by atoms with Gasteiger partial charge >= 0.3 is 0 Å². The lowest BCUT2D eigenvalue weighted by Crippen LogP contribution is -2.32. The van der Waals surface area contributed by atoms with E-state index >= 15 is 0 Å². The molecule has 10 aromatic carbocycles. The van der Waals surface area contributed by atoms with Crippen LogP contribution in [0.25, 0.3) is 55.6 Å². The molecule has 1 spiro atoms. The second kappa shape index (κ2) is 14.4. The number of para-hydroxylation sites is 2. The Morgan fingerprint density at radius 1 is 0.275 bits per heavy atom. The molecule has 0 N–H and O–H groups in total. The van der Waals surface area contributed by atoms with Gasteiger partial charge in [0.25, 0.3) is 0 Å². The van der Waals surface area contributed by atoms with Crippen LogP contribution < -0.4 is 9.64 Å². The van der Waals surface area contributed by atoms with Gasteiger partial charge in [-0.15, -0.1) is 0 Å². The molecule has 4 aliphatic rings. The Labute approximate surface area is 404 Å². The molecule has 0 radical (unpaired) electrons. The van der Waals surface area contributed by atoms with E-state index in [0.29, 0.717) is 0 Å². The van der Waals surface area contributed by atoms with E-state index in [-0.39, 0.29) is 10.8 Å². The zero-order valence-corrected chi connectivity index (χ0v) is 39.2. The maximum absolute atomic E-state index is 6.74. The largest absolute Gasteiger partial charge is 0.457 e. The van der Waals surface area contributed by atoms with Gasteiger partial charge in [0.2, 0.25) is 0 Å². The summed E-state index contributed by atoms with van der Waals surface area (Å²) in [6.07, 6.45) is 0. The van der Waals surface area contributed by atoms with E-state index < -0.39 is 5.41 Å². The zero-order valence-electron chi connectivity index (χ0n) is 39.2. The van der Waals surface area contributed by atoms with E-state index in [2.05, 4.69) is 257 Å². The molecule has 0 fully saturated rings. The quantitative estimate of drug-likeness (QED) is 0.171. The van der Waals surface area contributed by atoms with Crippen LogP contribution in [0, 0.1) is 0 Å². The first kappa shape index (κ1) is 39.9. The number of fused-ring (bicyclic) bond motifs is 15. The first-order chi connectivity index (χ1) is 33.7. The highest BCUT2D eigenvalue weighted by Gasteiger charge is 2.51. The Morgan fingerprint density at radius 2 is 0.623 bits per heavy atom. The van der Waals surface area contributed by atoms with Gasteiger partial charge in [-0.05, 0) is 150 Å². The van der Waals surface area contributed by atoms with Gasteiger partial charge in [-0.1, -0.05) is 191 Å². The van der Waals surface area contributed by atoms with Crippen molar-refractivity contribution in [1.29, 1.82) is 0 Å². The fourth-order valence-corrected chi connectivity index (χ4v) is 12.8. The average Bonchev–Trinajstić information content (AvgIpc) is 3.90. The third-order valence-corrected chi connectivity index (χ3v) is 16.1. The molecule has 0 aromatic heterocycles. The van der Waals surface area contributed by atoms with E-state index in [9.17, 15) is 0 Å². The normalized spacial score (nSPS) is 15.1. The lowest BCUT2D eigenvalue weighted by Gasteiger charge is -2.39. The van der Waals surface area contributed by atoms with Crippen LogP contribution in [0.5, 0.6) is 11.5 Å². The van der Waals surface area contributed by atoms with Crippen molar-refractivity contribution in [3.63, 3.8) is 0 Å². The maximum atomic E-state index is 6.74. The molecule has 0 saturated carbocycles. The van der Waals surface area contributed by atoms with Gasteiger partial charge in [-0.3, -0.25) is 0 Å². The molecule has 14 rings (SSSR count). The maximum Gasteiger partial charge on any atom is 0.132 e. The monoisotopic (exact) mass is 883 g/mol. The lowest BCUT2D eigenvalue weighted by molar-refractivity contribution is 0.436. The number of benzene rings is 10. The van der Waals surface area contributed by atoms with Crippen LogP contribution in [-0.4, -0.2) is 0 Å². The molecule has 0 bridgehead atoms. The molecule has 328 valence electrons. The van der Waals surface area contributed by atoms with Crippen LogP contribution in [0.3, 0.4) is 0 Å². The van der Waals surface area contributed by atoms with E-state index in [1.165, 1.54) is 89.0 Å². The Bertz CT molecular complexity index is 3570. The third-order valence-electron chi connectivity index (χ3n) is 16.1. The summed E-state index contributed by atoms with van der Waals surface area (Å²) in [5.74, 6) is 1.79. The number of hydrogen-bond donors (Lipinski definition) is 0. The van der Waals surface area contributed by atoms with Crippen molar-refractivity contribution in [2.24, 2.45) is 0 Å². The Balaban J connectivity index is 0.980.